The van der Waals surface area contributed by atoms with Crippen LogP contribution >= 0.6 is 22.6 Å². The van der Waals surface area contributed by atoms with E-state index in [0.717, 1.165) is 8.47 Å². The molecule has 1 aliphatic carbocycles. The Morgan fingerprint density at radius 1 is 0.895 bits per heavy atom. The lowest BCUT2D eigenvalue weighted by molar-refractivity contribution is -0.127. The SMILES string of the molecule is CCOC(=O)c1ccc(N2C(=O)[C@@H]3[C@@H](c4ccc(I)cc4)OC4(C(=O)c5ccccc5C4=O)[C@@H]3C2=O)cc1. The van der Waals surface area contributed by atoms with Crippen molar-refractivity contribution >= 4 is 57.6 Å². The van der Waals surface area contributed by atoms with Crippen LogP contribution in [0, 0.1) is 15.4 Å². The summed E-state index contributed by atoms with van der Waals surface area (Å²) in [5, 5.41) is 0. The van der Waals surface area contributed by atoms with Crippen LogP contribution in [0.25, 0.3) is 0 Å². The highest BCUT2D eigenvalue weighted by atomic mass is 127. The van der Waals surface area contributed by atoms with E-state index >= 15 is 0 Å². The maximum absolute atomic E-state index is 14.0. The summed E-state index contributed by atoms with van der Waals surface area (Å²) in [6.07, 6.45) is -0.987. The Morgan fingerprint density at radius 2 is 1.50 bits per heavy atom. The number of ether oxygens (including phenoxy) is 2. The van der Waals surface area contributed by atoms with Crippen LogP contribution in [0.2, 0.25) is 0 Å². The number of carbonyl (C=O) groups excluding carboxylic acids is 5. The third kappa shape index (κ3) is 3.34. The summed E-state index contributed by atoms with van der Waals surface area (Å²) in [5.74, 6) is -5.43. The molecule has 2 heterocycles. The van der Waals surface area contributed by atoms with Crippen molar-refractivity contribution in [3.63, 3.8) is 0 Å². The molecule has 38 heavy (non-hydrogen) atoms. The third-order valence-electron chi connectivity index (χ3n) is 7.35. The van der Waals surface area contributed by atoms with Crippen molar-refractivity contribution in [2.24, 2.45) is 11.8 Å². The first-order valence-electron chi connectivity index (χ1n) is 12.1. The molecule has 3 atom stereocenters. The fourth-order valence-corrected chi connectivity index (χ4v) is 6.05. The summed E-state index contributed by atoms with van der Waals surface area (Å²) in [5.41, 5.74) is -0.685. The minimum atomic E-state index is -2.13. The molecule has 9 heteroatoms. The van der Waals surface area contributed by atoms with E-state index in [1.807, 2.05) is 12.1 Å². The molecular formula is C29H20INO7. The number of hydrogen-bond donors (Lipinski definition) is 0. The van der Waals surface area contributed by atoms with E-state index in [0.29, 0.717) is 5.56 Å². The Bertz CT molecular complexity index is 1490. The number of halogens is 1. The van der Waals surface area contributed by atoms with Gasteiger partial charge in [0.05, 0.1) is 35.8 Å². The first-order valence-corrected chi connectivity index (χ1v) is 13.1. The molecule has 2 amide bonds. The molecule has 0 N–H and O–H groups in total. The average molecular weight is 621 g/mol. The van der Waals surface area contributed by atoms with E-state index in [1.165, 1.54) is 36.4 Å². The molecule has 0 saturated carbocycles. The molecule has 2 saturated heterocycles. The van der Waals surface area contributed by atoms with Gasteiger partial charge >= 0.3 is 5.97 Å². The van der Waals surface area contributed by atoms with Gasteiger partial charge < -0.3 is 9.47 Å². The second kappa shape index (κ2) is 8.95. The average Bonchev–Trinajstić information content (AvgIpc) is 3.49. The number of hydrogen-bond acceptors (Lipinski definition) is 7. The predicted octanol–water partition coefficient (Wildman–Crippen LogP) is 4.16. The smallest absolute Gasteiger partial charge is 0.338 e. The van der Waals surface area contributed by atoms with Crippen molar-refractivity contribution in [2.45, 2.75) is 18.6 Å². The van der Waals surface area contributed by atoms with Crippen LogP contribution in [-0.4, -0.2) is 41.6 Å². The monoisotopic (exact) mass is 621 g/mol. The summed E-state index contributed by atoms with van der Waals surface area (Å²) < 4.78 is 12.2. The van der Waals surface area contributed by atoms with Crippen molar-refractivity contribution in [2.75, 3.05) is 11.5 Å². The molecule has 0 radical (unpaired) electrons. The Kier molecular flexibility index (Phi) is 5.80. The normalized spacial score (nSPS) is 23.2. The fraction of sp³-hybridized carbons (Fsp3) is 0.207. The standard InChI is InChI=1S/C29H20INO7/c1-2-37-28(36)16-9-13-18(14-10-16)31-26(34)21-22(27(31)35)29(38-23(21)15-7-11-17(30)12-8-15)24(32)19-5-3-4-6-20(19)25(29)33/h3-14,21-23H,2H2,1H3/t21-,22-,23+/m0/s1. The maximum Gasteiger partial charge on any atom is 0.338 e. The molecule has 8 nitrogen and oxygen atoms in total. The van der Waals surface area contributed by atoms with E-state index in [4.69, 9.17) is 9.47 Å². The predicted molar refractivity (Wildman–Crippen MR) is 143 cm³/mol. The first kappa shape index (κ1) is 24.6. The topological polar surface area (TPSA) is 107 Å². The van der Waals surface area contributed by atoms with Crippen LogP contribution in [0.5, 0.6) is 0 Å². The number of Topliss-reactive ketones (excluding diaryl/α,β-unsaturated/α-hetero) is 2. The molecule has 2 aliphatic heterocycles. The van der Waals surface area contributed by atoms with Crippen LogP contribution in [0.15, 0.2) is 72.8 Å². The summed E-state index contributed by atoms with van der Waals surface area (Å²) in [7, 11) is 0. The van der Waals surface area contributed by atoms with Gasteiger partial charge in [-0.3, -0.25) is 19.2 Å². The molecule has 3 aromatic rings. The lowest BCUT2D eigenvalue weighted by Crippen LogP contribution is -2.51. The Hall–Kier alpha value is -3.70. The lowest BCUT2D eigenvalue weighted by atomic mass is 9.77. The van der Waals surface area contributed by atoms with E-state index < -0.39 is 52.9 Å². The quantitative estimate of drug-likeness (QED) is 0.187. The van der Waals surface area contributed by atoms with Crippen molar-refractivity contribution in [3.8, 4) is 0 Å². The molecule has 0 bridgehead atoms. The van der Waals surface area contributed by atoms with Gasteiger partial charge in [0.15, 0.2) is 0 Å². The highest BCUT2D eigenvalue weighted by Crippen LogP contribution is 2.57. The van der Waals surface area contributed by atoms with Crippen LogP contribution < -0.4 is 4.90 Å². The lowest BCUT2D eigenvalue weighted by Gasteiger charge is -2.27. The van der Waals surface area contributed by atoms with Crippen LogP contribution in [0.4, 0.5) is 5.69 Å². The first-order chi connectivity index (χ1) is 18.3. The molecule has 3 aliphatic rings. The highest BCUT2D eigenvalue weighted by molar-refractivity contribution is 14.1. The number of nitrogens with zero attached hydrogens (tertiary/aromatic N) is 1. The Morgan fingerprint density at radius 3 is 2.08 bits per heavy atom. The maximum atomic E-state index is 14.0. The second-order valence-electron chi connectivity index (χ2n) is 9.31. The number of esters is 1. The van der Waals surface area contributed by atoms with Gasteiger partial charge in [0.25, 0.3) is 0 Å². The van der Waals surface area contributed by atoms with Crippen molar-refractivity contribution in [3.05, 3.63) is 98.6 Å². The van der Waals surface area contributed by atoms with Gasteiger partial charge in [0, 0.05) is 14.7 Å². The van der Waals surface area contributed by atoms with Gasteiger partial charge in [-0.15, -0.1) is 0 Å². The van der Waals surface area contributed by atoms with Gasteiger partial charge in [-0.2, -0.15) is 0 Å². The van der Waals surface area contributed by atoms with Crippen LogP contribution in [0.1, 0.15) is 49.7 Å². The minimum absolute atomic E-state index is 0.178. The number of rotatable bonds is 4. The molecule has 0 unspecified atom stereocenters. The molecule has 1 spiro atoms. The molecule has 190 valence electrons. The number of carbonyl (C=O) groups is 5. The zero-order valence-corrected chi connectivity index (χ0v) is 22.2. The zero-order chi connectivity index (χ0) is 26.8. The van der Waals surface area contributed by atoms with Gasteiger partial charge in [-0.1, -0.05) is 36.4 Å². The van der Waals surface area contributed by atoms with E-state index in [1.54, 1.807) is 31.2 Å². The van der Waals surface area contributed by atoms with Gasteiger partial charge in [-0.25, -0.2) is 9.69 Å². The summed E-state index contributed by atoms with van der Waals surface area (Å²) in [6, 6.07) is 19.5. The molecule has 6 rings (SSSR count). The second-order valence-corrected chi connectivity index (χ2v) is 10.6. The number of benzene rings is 3. The number of imide groups is 1. The molecule has 0 aromatic heterocycles. The van der Waals surface area contributed by atoms with Gasteiger partial charge in [-0.05, 0) is 71.5 Å². The van der Waals surface area contributed by atoms with Crippen molar-refractivity contribution in [1.82, 2.24) is 0 Å². The minimum Gasteiger partial charge on any atom is -0.462 e. The van der Waals surface area contributed by atoms with E-state index in [9.17, 15) is 24.0 Å². The van der Waals surface area contributed by atoms with E-state index in [-0.39, 0.29) is 29.0 Å². The third-order valence-corrected chi connectivity index (χ3v) is 8.07. The number of amides is 2. The summed E-state index contributed by atoms with van der Waals surface area (Å²) in [4.78, 5) is 68.6. The van der Waals surface area contributed by atoms with Crippen LogP contribution in [-0.2, 0) is 19.1 Å². The summed E-state index contributed by atoms with van der Waals surface area (Å²) >= 11 is 2.15. The molecule has 2 fully saturated rings. The number of fused-ring (bicyclic) bond motifs is 3. The Balaban J connectivity index is 1.46. The van der Waals surface area contributed by atoms with Crippen molar-refractivity contribution < 1.29 is 33.4 Å². The zero-order valence-electron chi connectivity index (χ0n) is 20.1. The molecule has 3 aromatic carbocycles. The number of ketones is 2. The number of anilines is 1. The van der Waals surface area contributed by atoms with Crippen LogP contribution in [0.3, 0.4) is 0 Å². The van der Waals surface area contributed by atoms with Gasteiger partial charge in [0.1, 0.15) is 0 Å². The van der Waals surface area contributed by atoms with E-state index in [2.05, 4.69) is 22.6 Å². The van der Waals surface area contributed by atoms with Gasteiger partial charge in [0.2, 0.25) is 29.0 Å². The fourth-order valence-electron chi connectivity index (χ4n) is 5.69. The van der Waals surface area contributed by atoms with Crippen molar-refractivity contribution in [1.29, 1.82) is 0 Å². The summed E-state index contributed by atoms with van der Waals surface area (Å²) in [6.45, 7) is 1.90. The highest BCUT2D eigenvalue weighted by Gasteiger charge is 2.74. The largest absolute Gasteiger partial charge is 0.462 e. The molecular weight excluding hydrogens is 601 g/mol. The Labute approximate surface area is 231 Å².